The summed E-state index contributed by atoms with van der Waals surface area (Å²) in [6.45, 7) is 5.38. The predicted molar refractivity (Wildman–Crippen MR) is 315 cm³/mol. The number of benzene rings is 2. The minimum absolute atomic E-state index is 0.00177. The van der Waals surface area contributed by atoms with Crippen LogP contribution in [0.2, 0.25) is 0 Å². The van der Waals surface area contributed by atoms with Crippen LogP contribution in [-0.4, -0.2) is 182 Å². The number of phenols is 1. The Morgan fingerprint density at radius 3 is 1.68 bits per heavy atom. The molecule has 3 rings (SSSR count). The number of hydrogen-bond donors (Lipinski definition) is 16. The van der Waals surface area contributed by atoms with Gasteiger partial charge in [0.1, 0.15) is 59.8 Å². The molecule has 0 aliphatic carbocycles. The van der Waals surface area contributed by atoms with Gasteiger partial charge in [0.2, 0.25) is 70.9 Å². The lowest BCUT2D eigenvalue weighted by atomic mass is 10.00. The fourth-order valence-corrected chi connectivity index (χ4v) is 10.0. The molecule has 34 heteroatoms. The molecule has 0 radical (unpaired) electrons. The molecule has 87 heavy (non-hydrogen) atoms. The van der Waals surface area contributed by atoms with Crippen LogP contribution < -0.4 is 69.2 Å². The number of aromatic hydroxyl groups is 1. The average molecular weight is 1280 g/mol. The van der Waals surface area contributed by atoms with Crippen molar-refractivity contribution in [1.82, 2.24) is 53.2 Å². The van der Waals surface area contributed by atoms with Crippen molar-refractivity contribution < 1.29 is 91.4 Å². The molecule has 1 aliphatic rings. The molecule has 18 N–H and O–H groups in total. The van der Waals surface area contributed by atoms with Crippen molar-refractivity contribution in [2.24, 2.45) is 23.3 Å². The van der Waals surface area contributed by atoms with Gasteiger partial charge in [-0.1, -0.05) is 52.0 Å². The van der Waals surface area contributed by atoms with E-state index in [1.807, 2.05) is 0 Å². The number of phosphoric ester groups is 1. The van der Waals surface area contributed by atoms with Crippen LogP contribution in [0.5, 0.6) is 11.5 Å². The predicted octanol–water partition coefficient (Wildman–Crippen LogP) is -3.42. The number of aliphatic carboxylic acids is 1. The standard InChI is InChI=1S/C53H77N12O19PS2/c1-27(2)20-35-49(76)62-36(22-30-8-12-32(13-9-30)84-85(81,82)83)50(77)60-33(14-15-44(71)72)47(74)63-38(23-40(54)67)52(79)65-45(28(3)4)53(80)57-24-42(69)58-34(17-19-86-5)48(75)61-37(21-29-6-10-31(66)11-7-29)51(78)64-39(46(55)73)25-87-26-43(70)56-18-16-41(68)59-35/h6-13,27-28,33-39,45,66H,14-26H2,1-5H3,(H2,54,67)(H2,55,73)(H,56,70)(H,57,80)(H,58,69)(H,59,68)(H,60,77)(H,61,75)(H,62,76)(H,63,74)(H,64,78)(H,65,79)(H,71,72)(H2,81,82,83)/t33?,34?,35-,36-,37?,38-,39-,45?/m0/s1. The molecule has 1 saturated heterocycles. The van der Waals surface area contributed by atoms with Gasteiger partial charge in [0.15, 0.2) is 0 Å². The molecule has 0 aromatic heterocycles. The number of carboxylic acids is 1. The summed E-state index contributed by atoms with van der Waals surface area (Å²) < 4.78 is 16.1. The van der Waals surface area contributed by atoms with Gasteiger partial charge >= 0.3 is 13.8 Å². The Bertz CT molecular complexity index is 2830. The first-order chi connectivity index (χ1) is 40.8. The second-order valence-corrected chi connectivity index (χ2v) is 24.0. The summed E-state index contributed by atoms with van der Waals surface area (Å²) in [7, 11) is -5.01. The maximum absolute atomic E-state index is 14.4. The van der Waals surface area contributed by atoms with E-state index in [-0.39, 0.29) is 66.7 Å². The average Bonchev–Trinajstić information content (AvgIpc) is 3.65. The van der Waals surface area contributed by atoms with Crippen molar-refractivity contribution in [2.45, 2.75) is 127 Å². The smallest absolute Gasteiger partial charge is 0.508 e. The maximum atomic E-state index is 14.4. The van der Waals surface area contributed by atoms with E-state index in [9.17, 15) is 86.9 Å². The quantitative estimate of drug-likeness (QED) is 0.0646. The number of nitrogens with one attached hydrogen (secondary N) is 10. The second kappa shape index (κ2) is 36.2. The van der Waals surface area contributed by atoms with Crippen LogP contribution in [-0.2, 0) is 79.7 Å². The summed E-state index contributed by atoms with van der Waals surface area (Å²) in [5, 5.41) is 44.2. The maximum Gasteiger partial charge on any atom is 0.524 e. The van der Waals surface area contributed by atoms with E-state index in [0.717, 1.165) is 23.9 Å². The summed E-state index contributed by atoms with van der Waals surface area (Å²) in [6.07, 6.45) is -1.66. The van der Waals surface area contributed by atoms with Gasteiger partial charge in [-0.05, 0) is 78.5 Å². The van der Waals surface area contributed by atoms with Crippen LogP contribution in [0.1, 0.15) is 77.3 Å². The molecule has 0 spiro atoms. The zero-order chi connectivity index (χ0) is 65.1. The van der Waals surface area contributed by atoms with Crippen molar-refractivity contribution in [3.05, 3.63) is 59.7 Å². The summed E-state index contributed by atoms with van der Waals surface area (Å²) in [4.78, 5) is 194. The topological polar surface area (TPSA) is 501 Å². The first-order valence-electron chi connectivity index (χ1n) is 27.3. The molecule has 12 amide bonds. The molecule has 480 valence electrons. The zero-order valence-corrected chi connectivity index (χ0v) is 50.9. The molecule has 0 bridgehead atoms. The van der Waals surface area contributed by atoms with Crippen LogP contribution in [0.15, 0.2) is 48.5 Å². The number of phenolic OH excluding ortho intramolecular Hbond substituents is 1. The Balaban J connectivity index is 2.10. The van der Waals surface area contributed by atoms with Crippen LogP contribution in [0, 0.1) is 11.8 Å². The highest BCUT2D eigenvalue weighted by atomic mass is 32.2. The number of hydrogen-bond acceptors (Lipinski definition) is 18. The molecule has 0 saturated carbocycles. The second-order valence-electron chi connectivity index (χ2n) is 20.8. The Hall–Kier alpha value is -8.00. The highest BCUT2D eigenvalue weighted by molar-refractivity contribution is 8.00. The molecule has 1 fully saturated rings. The number of rotatable bonds is 18. The monoisotopic (exact) mass is 1280 g/mol. The molecule has 8 atom stereocenters. The van der Waals surface area contributed by atoms with Gasteiger partial charge in [-0.15, -0.1) is 11.8 Å². The Morgan fingerprint density at radius 1 is 0.644 bits per heavy atom. The zero-order valence-electron chi connectivity index (χ0n) is 48.4. The van der Waals surface area contributed by atoms with E-state index in [4.69, 9.17) is 11.5 Å². The fourth-order valence-electron chi connectivity index (χ4n) is 8.27. The van der Waals surface area contributed by atoms with Gasteiger partial charge in [0.25, 0.3) is 0 Å². The van der Waals surface area contributed by atoms with Crippen molar-refractivity contribution >= 4 is 108 Å². The van der Waals surface area contributed by atoms with Crippen LogP contribution >= 0.6 is 31.3 Å². The van der Waals surface area contributed by atoms with Crippen molar-refractivity contribution in [3.8, 4) is 11.5 Å². The van der Waals surface area contributed by atoms with Gasteiger partial charge in [-0.3, -0.25) is 72.1 Å². The van der Waals surface area contributed by atoms with E-state index >= 15 is 0 Å². The normalized spacial score (nSPS) is 22.9. The number of carbonyl (C=O) groups is 13. The number of phosphoric acid groups is 1. The van der Waals surface area contributed by atoms with Gasteiger partial charge in [0, 0.05) is 38.0 Å². The van der Waals surface area contributed by atoms with Crippen LogP contribution in [0.3, 0.4) is 0 Å². The minimum Gasteiger partial charge on any atom is -0.508 e. The van der Waals surface area contributed by atoms with E-state index in [1.165, 1.54) is 62.0 Å². The molecule has 1 aliphatic heterocycles. The van der Waals surface area contributed by atoms with Crippen LogP contribution in [0.4, 0.5) is 0 Å². The number of carbonyl (C=O) groups excluding carboxylic acids is 12. The third-order valence-corrected chi connectivity index (χ3v) is 14.8. The Labute approximate surface area is 509 Å². The lowest BCUT2D eigenvalue weighted by Crippen LogP contribution is -2.60. The van der Waals surface area contributed by atoms with E-state index in [2.05, 4.69) is 57.7 Å². The van der Waals surface area contributed by atoms with Crippen molar-refractivity contribution in [1.29, 1.82) is 0 Å². The number of amides is 12. The lowest BCUT2D eigenvalue weighted by molar-refractivity contribution is -0.139. The molecule has 2 aromatic rings. The molecular weight excluding hydrogens is 1200 g/mol. The largest absolute Gasteiger partial charge is 0.524 e. The summed E-state index contributed by atoms with van der Waals surface area (Å²) in [5.74, 6) is -14.8. The number of nitrogens with two attached hydrogens (primary N) is 2. The van der Waals surface area contributed by atoms with E-state index in [0.29, 0.717) is 11.3 Å². The summed E-state index contributed by atoms with van der Waals surface area (Å²) in [5.41, 5.74) is 11.8. The SMILES string of the molecule is CSCCC1NC(=O)CNC(=O)C(C(C)C)NC(=O)[C@H](CC(N)=O)NC(=O)C(CCC(=O)O)NC(=O)[C@H](Cc2ccc(OP(=O)(O)O)cc2)NC(=O)[C@H](CC(C)C)NC(=O)CCNC(=O)CSC[C@@H](C(N)=O)NC(=O)C(Cc2ccc(O)cc2)NC1=O. The summed E-state index contributed by atoms with van der Waals surface area (Å²) >= 11 is 2.19. The summed E-state index contributed by atoms with van der Waals surface area (Å²) in [6, 6.07) is -1.97. The minimum atomic E-state index is -5.01. The third kappa shape index (κ3) is 27.9. The molecule has 4 unspecified atom stereocenters. The van der Waals surface area contributed by atoms with Crippen LogP contribution in [0.25, 0.3) is 0 Å². The lowest BCUT2D eigenvalue weighted by Gasteiger charge is -2.28. The fraction of sp³-hybridized carbons (Fsp3) is 0.528. The van der Waals surface area contributed by atoms with Crippen molar-refractivity contribution in [3.63, 3.8) is 0 Å². The molecular formula is C53H77N12O19PS2. The first kappa shape index (κ1) is 73.3. The number of primary amides is 2. The molecule has 2 aromatic carbocycles. The van der Waals surface area contributed by atoms with E-state index in [1.54, 1.807) is 20.1 Å². The third-order valence-electron chi connectivity index (χ3n) is 12.7. The van der Waals surface area contributed by atoms with E-state index < -0.39 is 171 Å². The molecule has 1 heterocycles. The Kier molecular flexibility index (Phi) is 30.5. The first-order valence-corrected chi connectivity index (χ1v) is 31.4. The Morgan fingerprint density at radius 2 is 1.15 bits per heavy atom. The molecule has 31 nitrogen and oxygen atoms in total. The van der Waals surface area contributed by atoms with Crippen molar-refractivity contribution in [2.75, 3.05) is 36.6 Å². The highest BCUT2D eigenvalue weighted by Crippen LogP contribution is 2.37. The van der Waals surface area contributed by atoms with Gasteiger partial charge < -0.3 is 79.4 Å². The number of thioether (sulfide) groups is 2. The highest BCUT2D eigenvalue weighted by Gasteiger charge is 2.36. The van der Waals surface area contributed by atoms with Gasteiger partial charge in [0.05, 0.1) is 18.7 Å². The van der Waals surface area contributed by atoms with Gasteiger partial charge in [-0.25, -0.2) is 4.57 Å². The van der Waals surface area contributed by atoms with Gasteiger partial charge in [-0.2, -0.15) is 11.8 Å². The number of carboxylic acid groups (broad SMARTS) is 1.